The number of fused-ring (bicyclic) bond motifs is 1. The molecule has 116 valence electrons. The molecule has 1 aliphatic rings. The monoisotopic (exact) mass is 288 g/mol. The number of rotatable bonds is 6. The van der Waals surface area contributed by atoms with E-state index in [1.807, 2.05) is 11.0 Å². The first-order chi connectivity index (χ1) is 10.3. The van der Waals surface area contributed by atoms with Crippen molar-refractivity contribution in [2.45, 2.75) is 58.4 Å². The normalized spacial score (nSPS) is 18.2. The maximum Gasteiger partial charge on any atom is 0.226 e. The lowest BCUT2D eigenvalue weighted by Crippen LogP contribution is -2.31. The predicted molar refractivity (Wildman–Crippen MR) is 88.6 cm³/mol. The second-order valence-electron chi connectivity index (χ2n) is 5.86. The fraction of sp³-hybridized carbons (Fsp3) is 0.611. The minimum absolute atomic E-state index is 0.278. The van der Waals surface area contributed by atoms with Gasteiger partial charge in [0.15, 0.2) is 0 Å². The van der Waals surface area contributed by atoms with Crippen LogP contribution in [-0.4, -0.2) is 19.0 Å². The first kappa shape index (κ1) is 16.0. The number of nitrogens with one attached hydrogen (secondary N) is 1. The third-order valence-electron chi connectivity index (χ3n) is 4.16. The molecule has 0 bridgehead atoms. The van der Waals surface area contributed by atoms with Crippen molar-refractivity contribution in [3.63, 3.8) is 0 Å². The summed E-state index contributed by atoms with van der Waals surface area (Å²) in [6.45, 7) is 6.21. The standard InChI is InChI=1S/C18H28N2O/c1-3-5-12-18(21)20-14-8-10-16(19-13-4-2)15-9-6-7-11-17(15)20/h6-7,9,11,16,19H,3-5,8,10,12-14H2,1-2H3. The molecular weight excluding hydrogens is 260 g/mol. The molecule has 1 N–H and O–H groups in total. The van der Waals surface area contributed by atoms with Gasteiger partial charge in [-0.2, -0.15) is 0 Å². The molecule has 0 saturated heterocycles. The van der Waals surface area contributed by atoms with Crippen LogP contribution < -0.4 is 10.2 Å². The van der Waals surface area contributed by atoms with Gasteiger partial charge in [0.2, 0.25) is 5.91 Å². The van der Waals surface area contributed by atoms with E-state index < -0.39 is 0 Å². The highest BCUT2D eigenvalue weighted by molar-refractivity contribution is 5.94. The van der Waals surface area contributed by atoms with Gasteiger partial charge in [-0.25, -0.2) is 0 Å². The molecule has 3 heteroatoms. The van der Waals surface area contributed by atoms with Crippen LogP contribution in [0, 0.1) is 0 Å². The van der Waals surface area contributed by atoms with Gasteiger partial charge in [-0.15, -0.1) is 0 Å². The summed E-state index contributed by atoms with van der Waals surface area (Å²) in [5.41, 5.74) is 2.40. The summed E-state index contributed by atoms with van der Waals surface area (Å²) in [4.78, 5) is 14.5. The number of unbranched alkanes of at least 4 members (excludes halogenated alkanes) is 1. The minimum Gasteiger partial charge on any atom is -0.312 e. The maximum absolute atomic E-state index is 12.5. The Labute approximate surface area is 128 Å². The van der Waals surface area contributed by atoms with Crippen molar-refractivity contribution >= 4 is 11.6 Å². The lowest BCUT2D eigenvalue weighted by molar-refractivity contribution is -0.118. The average molecular weight is 288 g/mol. The smallest absolute Gasteiger partial charge is 0.226 e. The summed E-state index contributed by atoms with van der Waals surface area (Å²) in [5.74, 6) is 0.278. The number of carbonyl (C=O) groups excluding carboxylic acids is 1. The van der Waals surface area contributed by atoms with Crippen molar-refractivity contribution < 1.29 is 4.79 Å². The van der Waals surface area contributed by atoms with E-state index in [9.17, 15) is 4.79 Å². The molecule has 0 spiro atoms. The summed E-state index contributed by atoms with van der Waals surface area (Å²) in [7, 11) is 0. The molecule has 0 saturated carbocycles. The van der Waals surface area contributed by atoms with Gasteiger partial charge in [0.05, 0.1) is 0 Å². The first-order valence-electron chi connectivity index (χ1n) is 8.40. The molecule has 0 aromatic heterocycles. The number of hydrogen-bond donors (Lipinski definition) is 1. The Balaban J connectivity index is 2.22. The van der Waals surface area contributed by atoms with Gasteiger partial charge in [0.1, 0.15) is 0 Å². The van der Waals surface area contributed by atoms with Crippen LogP contribution in [0.4, 0.5) is 5.69 Å². The van der Waals surface area contributed by atoms with E-state index in [1.165, 1.54) is 5.56 Å². The Morgan fingerprint density at radius 1 is 1.29 bits per heavy atom. The molecular formula is C18H28N2O. The van der Waals surface area contributed by atoms with Crippen LogP contribution in [0.3, 0.4) is 0 Å². The Bertz CT molecular complexity index is 458. The van der Waals surface area contributed by atoms with Crippen LogP contribution in [-0.2, 0) is 4.79 Å². The fourth-order valence-electron chi connectivity index (χ4n) is 3.01. The highest BCUT2D eigenvalue weighted by Gasteiger charge is 2.25. The van der Waals surface area contributed by atoms with Gasteiger partial charge in [-0.3, -0.25) is 4.79 Å². The third-order valence-corrected chi connectivity index (χ3v) is 4.16. The SMILES string of the molecule is CCCCC(=O)N1CCCC(NCCC)c2ccccc21. The Morgan fingerprint density at radius 3 is 2.86 bits per heavy atom. The van der Waals surface area contributed by atoms with Gasteiger partial charge in [-0.1, -0.05) is 38.5 Å². The molecule has 21 heavy (non-hydrogen) atoms. The molecule has 1 unspecified atom stereocenters. The molecule has 1 amide bonds. The molecule has 2 rings (SSSR count). The van der Waals surface area contributed by atoms with E-state index >= 15 is 0 Å². The van der Waals surface area contributed by atoms with E-state index in [-0.39, 0.29) is 5.91 Å². The van der Waals surface area contributed by atoms with Crippen LogP contribution in [0.2, 0.25) is 0 Å². The van der Waals surface area contributed by atoms with Crippen molar-refractivity contribution in [1.29, 1.82) is 0 Å². The number of para-hydroxylation sites is 1. The zero-order chi connectivity index (χ0) is 15.1. The van der Waals surface area contributed by atoms with Gasteiger partial charge in [0.25, 0.3) is 0 Å². The van der Waals surface area contributed by atoms with E-state index in [2.05, 4.69) is 37.4 Å². The van der Waals surface area contributed by atoms with E-state index in [0.717, 1.165) is 50.9 Å². The zero-order valence-corrected chi connectivity index (χ0v) is 13.4. The van der Waals surface area contributed by atoms with Crippen molar-refractivity contribution in [3.05, 3.63) is 29.8 Å². The zero-order valence-electron chi connectivity index (χ0n) is 13.4. The topological polar surface area (TPSA) is 32.3 Å². The van der Waals surface area contributed by atoms with Gasteiger partial charge in [0, 0.05) is 24.7 Å². The average Bonchev–Trinajstić information content (AvgIpc) is 2.70. The van der Waals surface area contributed by atoms with Gasteiger partial charge >= 0.3 is 0 Å². The first-order valence-corrected chi connectivity index (χ1v) is 8.40. The van der Waals surface area contributed by atoms with Gasteiger partial charge < -0.3 is 10.2 Å². The highest BCUT2D eigenvalue weighted by Crippen LogP contribution is 2.33. The summed E-state index contributed by atoms with van der Waals surface area (Å²) in [6, 6.07) is 8.78. The summed E-state index contributed by atoms with van der Waals surface area (Å²) >= 11 is 0. The highest BCUT2D eigenvalue weighted by atomic mass is 16.2. The van der Waals surface area contributed by atoms with Crippen LogP contribution in [0.15, 0.2) is 24.3 Å². The minimum atomic E-state index is 0.278. The molecule has 1 aromatic carbocycles. The summed E-state index contributed by atoms with van der Waals surface area (Å²) in [5, 5.41) is 3.63. The number of hydrogen-bond acceptors (Lipinski definition) is 2. The Hall–Kier alpha value is -1.35. The molecule has 1 atom stereocenters. The van der Waals surface area contributed by atoms with Crippen LogP contribution >= 0.6 is 0 Å². The number of benzene rings is 1. The largest absolute Gasteiger partial charge is 0.312 e. The molecule has 0 radical (unpaired) electrons. The van der Waals surface area contributed by atoms with Crippen molar-refractivity contribution in [1.82, 2.24) is 5.32 Å². The number of nitrogens with zero attached hydrogens (tertiary/aromatic N) is 1. The number of carbonyl (C=O) groups is 1. The van der Waals surface area contributed by atoms with Crippen molar-refractivity contribution in [3.8, 4) is 0 Å². The molecule has 0 fully saturated rings. The van der Waals surface area contributed by atoms with E-state index in [0.29, 0.717) is 12.5 Å². The second-order valence-corrected chi connectivity index (χ2v) is 5.86. The van der Waals surface area contributed by atoms with Crippen molar-refractivity contribution in [2.24, 2.45) is 0 Å². The lowest BCUT2D eigenvalue weighted by Gasteiger charge is -2.24. The molecule has 0 aliphatic carbocycles. The second kappa shape index (κ2) is 8.18. The summed E-state index contributed by atoms with van der Waals surface area (Å²) in [6.07, 6.45) is 6.02. The lowest BCUT2D eigenvalue weighted by atomic mass is 10.0. The number of amides is 1. The van der Waals surface area contributed by atoms with Crippen LogP contribution in [0.25, 0.3) is 0 Å². The fourth-order valence-corrected chi connectivity index (χ4v) is 3.01. The molecule has 1 aliphatic heterocycles. The van der Waals surface area contributed by atoms with E-state index in [4.69, 9.17) is 0 Å². The quantitative estimate of drug-likeness (QED) is 0.856. The summed E-state index contributed by atoms with van der Waals surface area (Å²) < 4.78 is 0. The van der Waals surface area contributed by atoms with Gasteiger partial charge in [-0.05, 0) is 43.9 Å². The van der Waals surface area contributed by atoms with E-state index in [1.54, 1.807) is 0 Å². The Morgan fingerprint density at radius 2 is 2.10 bits per heavy atom. The molecule has 1 aromatic rings. The molecule has 3 nitrogen and oxygen atoms in total. The predicted octanol–water partition coefficient (Wildman–Crippen LogP) is 4.04. The Kier molecular flexibility index (Phi) is 6.24. The van der Waals surface area contributed by atoms with Crippen molar-refractivity contribution in [2.75, 3.05) is 18.0 Å². The number of anilines is 1. The van der Waals surface area contributed by atoms with Crippen LogP contribution in [0.5, 0.6) is 0 Å². The maximum atomic E-state index is 12.5. The van der Waals surface area contributed by atoms with Crippen LogP contribution in [0.1, 0.15) is 64.0 Å². The third kappa shape index (κ3) is 4.07. The molecule has 1 heterocycles.